The van der Waals surface area contributed by atoms with Gasteiger partial charge in [0.15, 0.2) is 0 Å². The van der Waals surface area contributed by atoms with Gasteiger partial charge in [0.1, 0.15) is 5.82 Å². The first-order chi connectivity index (χ1) is 6.27. The van der Waals surface area contributed by atoms with Gasteiger partial charge in [-0.3, -0.25) is 0 Å². The Morgan fingerprint density at radius 1 is 1.08 bits per heavy atom. The molecule has 0 aliphatic carbocycles. The molecular weight excluding hydrogens is 160 g/mol. The van der Waals surface area contributed by atoms with Gasteiger partial charge in [0.25, 0.3) is 0 Å². The predicted molar refractivity (Wildman–Crippen MR) is 56.1 cm³/mol. The van der Waals surface area contributed by atoms with Crippen molar-refractivity contribution in [3.63, 3.8) is 0 Å². The second-order valence-corrected chi connectivity index (χ2v) is 3.28. The van der Waals surface area contributed by atoms with Crippen molar-refractivity contribution in [3.05, 3.63) is 36.5 Å². The topological polar surface area (TPSA) is 16.1 Å². The Morgan fingerprint density at radius 2 is 1.77 bits per heavy atom. The molecule has 13 heavy (non-hydrogen) atoms. The third-order valence-corrected chi connectivity index (χ3v) is 2.07. The lowest BCUT2D eigenvalue weighted by molar-refractivity contribution is 1.07. The average molecular weight is 172 g/mol. The molecule has 0 saturated carbocycles. The summed E-state index contributed by atoms with van der Waals surface area (Å²) < 4.78 is 0. The highest BCUT2D eigenvalue weighted by molar-refractivity contribution is 5.83. The minimum Gasteiger partial charge on any atom is -0.363 e. The van der Waals surface area contributed by atoms with E-state index in [1.807, 2.05) is 37.3 Å². The van der Waals surface area contributed by atoms with E-state index in [9.17, 15) is 0 Å². The number of fused-ring (bicyclic) bond motifs is 1. The molecule has 0 fully saturated rings. The predicted octanol–water partition coefficient (Wildman–Crippen LogP) is 2.30. The van der Waals surface area contributed by atoms with Crippen LogP contribution in [0, 0.1) is 0 Å². The quantitative estimate of drug-likeness (QED) is 0.656. The van der Waals surface area contributed by atoms with Crippen LogP contribution >= 0.6 is 0 Å². The minimum absolute atomic E-state index is 0.999. The summed E-state index contributed by atoms with van der Waals surface area (Å²) in [6, 6.07) is 10.3. The van der Waals surface area contributed by atoms with E-state index in [1.54, 1.807) is 0 Å². The number of nitrogens with zero attached hydrogens (tertiary/aromatic N) is 2. The van der Waals surface area contributed by atoms with Gasteiger partial charge in [0.05, 0.1) is 0 Å². The van der Waals surface area contributed by atoms with Gasteiger partial charge in [0, 0.05) is 25.7 Å². The molecule has 0 saturated heterocycles. The van der Waals surface area contributed by atoms with Gasteiger partial charge in [-0.2, -0.15) is 0 Å². The van der Waals surface area contributed by atoms with Crippen molar-refractivity contribution >= 4 is 16.6 Å². The van der Waals surface area contributed by atoms with Crippen molar-refractivity contribution < 1.29 is 0 Å². The van der Waals surface area contributed by atoms with Crippen LogP contribution < -0.4 is 4.90 Å². The summed E-state index contributed by atoms with van der Waals surface area (Å²) in [7, 11) is 3.99. The smallest absolute Gasteiger partial charge is 0.128 e. The highest BCUT2D eigenvalue weighted by Gasteiger charge is 1.97. The van der Waals surface area contributed by atoms with Crippen LogP contribution in [0.3, 0.4) is 0 Å². The summed E-state index contributed by atoms with van der Waals surface area (Å²) in [5.41, 5.74) is 0. The maximum absolute atomic E-state index is 4.33. The molecule has 0 spiro atoms. The molecule has 0 amide bonds. The van der Waals surface area contributed by atoms with E-state index in [4.69, 9.17) is 0 Å². The van der Waals surface area contributed by atoms with E-state index in [-0.39, 0.29) is 0 Å². The van der Waals surface area contributed by atoms with Crippen molar-refractivity contribution in [1.82, 2.24) is 4.98 Å². The van der Waals surface area contributed by atoms with Gasteiger partial charge in [-0.25, -0.2) is 4.98 Å². The molecule has 0 N–H and O–H groups in total. The van der Waals surface area contributed by atoms with E-state index in [2.05, 4.69) is 23.2 Å². The van der Waals surface area contributed by atoms with Crippen LogP contribution in [0.1, 0.15) is 0 Å². The lowest BCUT2D eigenvalue weighted by atomic mass is 10.2. The lowest BCUT2D eigenvalue weighted by Gasteiger charge is -2.11. The van der Waals surface area contributed by atoms with E-state index < -0.39 is 0 Å². The number of hydrogen-bond acceptors (Lipinski definition) is 2. The Kier molecular flexibility index (Phi) is 1.89. The zero-order valence-electron chi connectivity index (χ0n) is 7.86. The first-order valence-corrected chi connectivity index (χ1v) is 4.29. The Hall–Kier alpha value is -1.57. The number of benzene rings is 1. The zero-order valence-corrected chi connectivity index (χ0v) is 7.86. The zero-order chi connectivity index (χ0) is 9.26. The molecule has 2 rings (SSSR count). The molecule has 1 aromatic heterocycles. The molecular formula is C11H12N2. The fourth-order valence-corrected chi connectivity index (χ4v) is 1.32. The molecule has 1 heterocycles. The van der Waals surface area contributed by atoms with Crippen LogP contribution in [0.4, 0.5) is 5.82 Å². The molecule has 0 radical (unpaired) electrons. The van der Waals surface area contributed by atoms with Crippen molar-refractivity contribution in [2.45, 2.75) is 0 Å². The lowest BCUT2D eigenvalue weighted by Crippen LogP contribution is -2.09. The summed E-state index contributed by atoms with van der Waals surface area (Å²) in [5, 5.41) is 2.43. The molecule has 0 atom stereocenters. The fourth-order valence-electron chi connectivity index (χ4n) is 1.32. The van der Waals surface area contributed by atoms with Gasteiger partial charge in [0.2, 0.25) is 0 Å². The Labute approximate surface area is 77.8 Å². The third kappa shape index (κ3) is 1.47. The Bertz CT molecular complexity index is 421. The molecule has 2 aromatic rings. The second-order valence-electron chi connectivity index (χ2n) is 3.28. The van der Waals surface area contributed by atoms with Crippen LogP contribution in [0.25, 0.3) is 10.8 Å². The highest BCUT2D eigenvalue weighted by Crippen LogP contribution is 2.17. The van der Waals surface area contributed by atoms with Gasteiger partial charge in [-0.1, -0.05) is 24.3 Å². The molecule has 66 valence electrons. The molecule has 2 heteroatoms. The Morgan fingerprint density at radius 3 is 2.46 bits per heavy atom. The van der Waals surface area contributed by atoms with Crippen molar-refractivity contribution in [2.24, 2.45) is 0 Å². The average Bonchev–Trinajstić information content (AvgIpc) is 2.17. The van der Waals surface area contributed by atoms with E-state index in [1.165, 1.54) is 10.8 Å². The monoisotopic (exact) mass is 172 g/mol. The number of aromatic nitrogens is 1. The highest BCUT2D eigenvalue weighted by atomic mass is 15.1. The van der Waals surface area contributed by atoms with Crippen LogP contribution in [0.5, 0.6) is 0 Å². The van der Waals surface area contributed by atoms with E-state index >= 15 is 0 Å². The van der Waals surface area contributed by atoms with Gasteiger partial charge in [-0.05, 0) is 11.5 Å². The largest absolute Gasteiger partial charge is 0.363 e. The molecule has 0 bridgehead atoms. The molecule has 2 nitrogen and oxygen atoms in total. The fraction of sp³-hybridized carbons (Fsp3) is 0.182. The molecule has 1 aromatic carbocycles. The number of hydrogen-bond donors (Lipinski definition) is 0. The van der Waals surface area contributed by atoms with Crippen LogP contribution in [-0.4, -0.2) is 19.1 Å². The van der Waals surface area contributed by atoms with Gasteiger partial charge in [-0.15, -0.1) is 0 Å². The number of pyridine rings is 1. The standard InChI is InChI=1S/C11H12N2/c1-13(2)11-7-9-5-3-4-6-10(9)8-12-11/h3-8H,1-2H3. The van der Waals surface area contributed by atoms with Crippen LogP contribution in [0.2, 0.25) is 0 Å². The second kappa shape index (κ2) is 3.05. The van der Waals surface area contributed by atoms with Crippen LogP contribution in [-0.2, 0) is 0 Å². The van der Waals surface area contributed by atoms with E-state index in [0.717, 1.165) is 5.82 Å². The minimum atomic E-state index is 0.999. The van der Waals surface area contributed by atoms with Gasteiger partial charge < -0.3 is 4.90 Å². The molecule has 0 aliphatic rings. The van der Waals surface area contributed by atoms with Crippen molar-refractivity contribution in [2.75, 3.05) is 19.0 Å². The van der Waals surface area contributed by atoms with Crippen molar-refractivity contribution in [3.8, 4) is 0 Å². The Balaban J connectivity index is 2.62. The first kappa shape index (κ1) is 8.05. The maximum atomic E-state index is 4.33. The molecule has 0 unspecified atom stereocenters. The maximum Gasteiger partial charge on any atom is 0.128 e. The number of anilines is 1. The normalized spacial score (nSPS) is 10.3. The van der Waals surface area contributed by atoms with Crippen molar-refractivity contribution in [1.29, 1.82) is 0 Å². The molecule has 0 aliphatic heterocycles. The first-order valence-electron chi connectivity index (χ1n) is 4.29. The summed E-state index contributed by atoms with van der Waals surface area (Å²) in [6.07, 6.45) is 1.91. The summed E-state index contributed by atoms with van der Waals surface area (Å²) in [6.45, 7) is 0. The third-order valence-electron chi connectivity index (χ3n) is 2.07. The van der Waals surface area contributed by atoms with Crippen LogP contribution in [0.15, 0.2) is 36.5 Å². The number of rotatable bonds is 1. The van der Waals surface area contributed by atoms with E-state index in [0.29, 0.717) is 0 Å². The summed E-state index contributed by atoms with van der Waals surface area (Å²) >= 11 is 0. The summed E-state index contributed by atoms with van der Waals surface area (Å²) in [5.74, 6) is 0.999. The summed E-state index contributed by atoms with van der Waals surface area (Å²) in [4.78, 5) is 6.34. The SMILES string of the molecule is CN(C)c1cc2ccccc2cn1. The van der Waals surface area contributed by atoms with Gasteiger partial charge >= 0.3 is 0 Å².